The summed E-state index contributed by atoms with van der Waals surface area (Å²) in [5.74, 6) is 0.594. The number of H-pyrrole nitrogens is 1. The summed E-state index contributed by atoms with van der Waals surface area (Å²) < 4.78 is 32.1. The zero-order valence-electron chi connectivity index (χ0n) is 21.3. The number of aromatic amines is 1. The van der Waals surface area contributed by atoms with Gasteiger partial charge >= 0.3 is 0 Å². The molecule has 2 aliphatic heterocycles. The molecule has 2 aliphatic rings. The van der Waals surface area contributed by atoms with Crippen molar-refractivity contribution < 1.29 is 23.4 Å². The molecule has 6 rings (SSSR count). The maximum atomic E-state index is 14.6. The van der Waals surface area contributed by atoms with Gasteiger partial charge in [0.05, 0.1) is 35.9 Å². The Morgan fingerprint density at radius 1 is 1.12 bits per heavy atom. The van der Waals surface area contributed by atoms with Crippen molar-refractivity contribution in [3.8, 4) is 28.5 Å². The molecule has 8 nitrogen and oxygen atoms in total. The third-order valence-corrected chi connectivity index (χ3v) is 6.88. The Kier molecular flexibility index (Phi) is 7.72. The number of amides is 1. The number of aromatic nitrogens is 2. The van der Waals surface area contributed by atoms with E-state index in [1.807, 2.05) is 36.4 Å². The third kappa shape index (κ3) is 5.10. The van der Waals surface area contributed by atoms with E-state index in [2.05, 4.69) is 26.7 Å². The molecule has 0 saturated heterocycles. The fourth-order valence-corrected chi connectivity index (χ4v) is 5.01. The van der Waals surface area contributed by atoms with Crippen molar-refractivity contribution in [2.45, 2.75) is 26.4 Å². The molecule has 4 heterocycles. The Balaban J connectivity index is 0.00000323. The summed E-state index contributed by atoms with van der Waals surface area (Å²) in [6.07, 6.45) is 8.03. The summed E-state index contributed by atoms with van der Waals surface area (Å²) >= 11 is 0. The first-order valence-corrected chi connectivity index (χ1v) is 12.7. The number of hydrogen-bond acceptors (Lipinski definition) is 6. The molecular formula is C31H31FN4O4. The number of nitrogens with one attached hydrogen (secondary N) is 3. The van der Waals surface area contributed by atoms with E-state index in [4.69, 9.17) is 14.2 Å². The maximum absolute atomic E-state index is 14.6. The highest BCUT2D eigenvalue weighted by molar-refractivity contribution is 6.07. The molecule has 1 unspecified atom stereocenters. The van der Waals surface area contributed by atoms with Gasteiger partial charge in [0.2, 0.25) is 0 Å². The smallest absolute Gasteiger partial charge is 0.255 e. The number of benzene rings is 2. The van der Waals surface area contributed by atoms with Crippen molar-refractivity contribution in [3.63, 3.8) is 0 Å². The normalized spacial score (nSPS) is 16.8. The van der Waals surface area contributed by atoms with Gasteiger partial charge in [0, 0.05) is 29.9 Å². The summed E-state index contributed by atoms with van der Waals surface area (Å²) in [5.41, 5.74) is 4.44. The Morgan fingerprint density at radius 2 is 2.00 bits per heavy atom. The molecule has 2 aromatic carbocycles. The van der Waals surface area contributed by atoms with Crippen LogP contribution in [-0.4, -0.2) is 36.1 Å². The van der Waals surface area contributed by atoms with Crippen molar-refractivity contribution >= 4 is 17.3 Å². The molecule has 0 radical (unpaired) electrons. The van der Waals surface area contributed by atoms with Crippen molar-refractivity contribution in [1.82, 2.24) is 15.3 Å². The minimum atomic E-state index is -0.510. The number of pyridine rings is 1. The minimum Gasteiger partial charge on any atom is -0.492 e. The van der Waals surface area contributed by atoms with Gasteiger partial charge in [-0.25, -0.2) is 4.39 Å². The van der Waals surface area contributed by atoms with Crippen molar-refractivity contribution in [1.29, 1.82) is 0 Å². The van der Waals surface area contributed by atoms with Crippen LogP contribution in [0.4, 0.5) is 15.8 Å². The number of nitrogens with zero attached hydrogens (tertiary/aromatic N) is 1. The van der Waals surface area contributed by atoms with E-state index in [0.717, 1.165) is 17.0 Å². The van der Waals surface area contributed by atoms with Crippen LogP contribution in [0.15, 0.2) is 73.1 Å². The molecule has 3 N–H and O–H groups in total. The number of ether oxygens (including phenoxy) is 3. The highest BCUT2D eigenvalue weighted by atomic mass is 19.1. The Hall–Kier alpha value is -4.79. The summed E-state index contributed by atoms with van der Waals surface area (Å²) in [6.45, 7) is 1.18. The summed E-state index contributed by atoms with van der Waals surface area (Å²) in [7, 11) is 1.41. The van der Waals surface area contributed by atoms with Crippen LogP contribution in [0.3, 0.4) is 0 Å². The predicted molar refractivity (Wildman–Crippen MR) is 152 cm³/mol. The number of carbonyl (C=O) groups is 1. The van der Waals surface area contributed by atoms with Crippen LogP contribution < -0.4 is 24.8 Å². The van der Waals surface area contributed by atoms with Gasteiger partial charge in [0.15, 0.2) is 11.6 Å². The van der Waals surface area contributed by atoms with Crippen LogP contribution in [-0.2, 0) is 6.61 Å². The molecule has 9 heteroatoms. The summed E-state index contributed by atoms with van der Waals surface area (Å²) in [4.78, 5) is 21.1. The standard InChI is InChI=1S/C30H27FN4O4.CH4/c1-37-29-22(31)9-5-10-23(29)34-28-25-26-19(15-33-30(25)36)7-2-3-13-38-20-8-4-6-18(14-20)17-39-24-16-32-12-11-21(24)27(28)35-26;/h2-6,8-12,14,16,19,34-35H,7,13,15,17H2,1H3,(H,33,36);1H4/b3-2+;. The molecule has 40 heavy (non-hydrogen) atoms. The lowest BCUT2D eigenvalue weighted by Crippen LogP contribution is -2.34. The molecule has 2 aromatic heterocycles. The van der Waals surface area contributed by atoms with E-state index in [1.54, 1.807) is 24.5 Å². The van der Waals surface area contributed by atoms with Crippen LogP contribution in [0.25, 0.3) is 11.3 Å². The summed E-state index contributed by atoms with van der Waals surface area (Å²) in [6, 6.07) is 14.2. The lowest BCUT2D eigenvalue weighted by molar-refractivity contribution is 0.0941. The number of anilines is 2. The van der Waals surface area contributed by atoms with E-state index >= 15 is 0 Å². The first-order valence-electron chi connectivity index (χ1n) is 12.7. The van der Waals surface area contributed by atoms with Gasteiger partial charge in [0.1, 0.15) is 24.7 Å². The van der Waals surface area contributed by atoms with Crippen LogP contribution in [0.5, 0.6) is 17.2 Å². The van der Waals surface area contributed by atoms with Crippen molar-refractivity contribution in [3.05, 3.63) is 95.7 Å². The second kappa shape index (κ2) is 11.5. The first-order chi connectivity index (χ1) is 19.1. The molecule has 4 aromatic rings. The lowest BCUT2D eigenvalue weighted by atomic mass is 9.93. The topological polar surface area (TPSA) is 97.5 Å². The number of para-hydroxylation sites is 1. The number of hydrogen-bond donors (Lipinski definition) is 3. The van der Waals surface area contributed by atoms with Crippen molar-refractivity contribution in [2.75, 3.05) is 25.6 Å². The fraction of sp³-hybridized carbons (Fsp3) is 0.226. The molecule has 0 aliphatic carbocycles. The highest BCUT2D eigenvalue weighted by Crippen LogP contribution is 2.44. The first kappa shape index (κ1) is 26.8. The van der Waals surface area contributed by atoms with Gasteiger partial charge in [-0.15, -0.1) is 0 Å². The van der Waals surface area contributed by atoms with Gasteiger partial charge in [-0.05, 0) is 42.3 Å². The number of allylic oxidation sites excluding steroid dienone is 1. The Morgan fingerprint density at radius 3 is 2.88 bits per heavy atom. The van der Waals surface area contributed by atoms with Crippen LogP contribution in [0, 0.1) is 5.82 Å². The van der Waals surface area contributed by atoms with E-state index in [9.17, 15) is 9.18 Å². The summed E-state index contributed by atoms with van der Waals surface area (Å²) in [5, 5.41) is 6.31. The molecule has 0 spiro atoms. The Bertz CT molecular complexity index is 1560. The minimum absolute atomic E-state index is 0. The number of carbonyl (C=O) groups excluding carboxylic acids is 1. The van der Waals surface area contributed by atoms with E-state index in [0.29, 0.717) is 53.5 Å². The molecule has 4 bridgehead atoms. The van der Waals surface area contributed by atoms with E-state index in [1.165, 1.54) is 13.2 Å². The average molecular weight is 543 g/mol. The second-order valence-corrected chi connectivity index (χ2v) is 9.34. The Labute approximate surface area is 232 Å². The third-order valence-electron chi connectivity index (χ3n) is 6.88. The van der Waals surface area contributed by atoms with Crippen LogP contribution in [0.1, 0.15) is 41.4 Å². The highest BCUT2D eigenvalue weighted by Gasteiger charge is 2.33. The number of fused-ring (bicyclic) bond motifs is 5. The largest absolute Gasteiger partial charge is 0.492 e. The number of methoxy groups -OCH3 is 1. The zero-order chi connectivity index (χ0) is 26.8. The molecule has 206 valence electrons. The predicted octanol–water partition coefficient (Wildman–Crippen LogP) is 6.35. The molecule has 0 saturated carbocycles. The van der Waals surface area contributed by atoms with Crippen molar-refractivity contribution in [2.24, 2.45) is 0 Å². The second-order valence-electron chi connectivity index (χ2n) is 9.34. The fourth-order valence-electron chi connectivity index (χ4n) is 5.01. The van der Waals surface area contributed by atoms with E-state index in [-0.39, 0.29) is 31.6 Å². The van der Waals surface area contributed by atoms with Crippen LogP contribution >= 0.6 is 0 Å². The quantitative estimate of drug-likeness (QED) is 0.261. The molecule has 1 atom stereocenters. The monoisotopic (exact) mass is 542 g/mol. The van der Waals surface area contributed by atoms with Gasteiger partial charge in [-0.2, -0.15) is 0 Å². The average Bonchev–Trinajstić information content (AvgIpc) is 3.33. The van der Waals surface area contributed by atoms with Gasteiger partial charge < -0.3 is 29.8 Å². The van der Waals surface area contributed by atoms with Gasteiger partial charge in [-0.1, -0.05) is 37.8 Å². The van der Waals surface area contributed by atoms with Gasteiger partial charge in [0.25, 0.3) is 5.91 Å². The number of rotatable bonds is 3. The number of halogens is 1. The SMILES string of the molecule is C.COc1c(F)cccc1Nc1c2[nH]c3c1C(=O)NCC3C/C=C/COc1cccc(c1)COc1cnccc1-2. The van der Waals surface area contributed by atoms with Crippen LogP contribution in [0.2, 0.25) is 0 Å². The van der Waals surface area contributed by atoms with Gasteiger partial charge in [-0.3, -0.25) is 9.78 Å². The maximum Gasteiger partial charge on any atom is 0.255 e. The lowest BCUT2D eigenvalue weighted by Gasteiger charge is -2.23. The molecule has 0 fully saturated rings. The molecule has 1 amide bonds. The zero-order valence-corrected chi connectivity index (χ0v) is 21.3. The molecular weight excluding hydrogens is 511 g/mol. The van der Waals surface area contributed by atoms with E-state index < -0.39 is 5.82 Å².